The maximum atomic E-state index is 13.9. The molecule has 34 heavy (non-hydrogen) atoms. The van der Waals surface area contributed by atoms with Crippen LogP contribution >= 0.6 is 22.9 Å². The first-order chi connectivity index (χ1) is 16.4. The van der Waals surface area contributed by atoms with Gasteiger partial charge in [0.2, 0.25) is 5.91 Å². The molecular weight excluding hydrogens is 470 g/mol. The van der Waals surface area contributed by atoms with Gasteiger partial charge in [-0.3, -0.25) is 19.3 Å². The second-order valence-corrected chi connectivity index (χ2v) is 10.2. The van der Waals surface area contributed by atoms with Gasteiger partial charge in [0, 0.05) is 16.6 Å². The fraction of sp³-hybridized carbons (Fsp3) is 0.333. The summed E-state index contributed by atoms with van der Waals surface area (Å²) in [5, 5.41) is 5.04. The molecule has 0 spiro atoms. The van der Waals surface area contributed by atoms with Gasteiger partial charge in [0.05, 0.1) is 5.69 Å². The van der Waals surface area contributed by atoms with Gasteiger partial charge >= 0.3 is 0 Å². The number of anilines is 2. The molecule has 0 aliphatic heterocycles. The van der Waals surface area contributed by atoms with Gasteiger partial charge in [-0.05, 0) is 54.9 Å². The van der Waals surface area contributed by atoms with Gasteiger partial charge in [-0.1, -0.05) is 43.0 Å². The predicted molar refractivity (Wildman–Crippen MR) is 135 cm³/mol. The molecule has 1 aliphatic carbocycles. The quantitative estimate of drug-likeness (QED) is 0.453. The summed E-state index contributed by atoms with van der Waals surface area (Å²) in [6, 6.07) is 10.2. The summed E-state index contributed by atoms with van der Waals surface area (Å²) in [6.07, 6.45) is 5.16. The van der Waals surface area contributed by atoms with Crippen LogP contribution in [0.15, 0.2) is 41.8 Å². The minimum Gasteiger partial charge on any atom is -0.395 e. The monoisotopic (exact) mass is 497 g/mol. The first-order valence-electron chi connectivity index (χ1n) is 11.2. The number of aryl methyl sites for hydroxylation is 1. The molecule has 4 rings (SSSR count). The number of nitrogens with zero attached hydrogens (tertiary/aromatic N) is 2. The number of aromatic nitrogens is 1. The molecule has 0 saturated heterocycles. The van der Waals surface area contributed by atoms with Gasteiger partial charge < -0.3 is 16.8 Å². The van der Waals surface area contributed by atoms with Crippen molar-refractivity contribution in [3.8, 4) is 0 Å². The number of carbonyl (C=O) groups excluding carboxylic acids is 3. The van der Waals surface area contributed by atoms with Crippen LogP contribution in [0, 0.1) is 6.92 Å². The average Bonchev–Trinajstić information content (AvgIpc) is 3.48. The fourth-order valence-electron chi connectivity index (χ4n) is 4.18. The molecule has 3 amide bonds. The summed E-state index contributed by atoms with van der Waals surface area (Å²) in [6.45, 7) is 1.95. The molecular formula is C24H27N5O3S2. The minimum atomic E-state index is -0.907. The van der Waals surface area contributed by atoms with Crippen molar-refractivity contribution in [2.75, 3.05) is 10.6 Å². The summed E-state index contributed by atoms with van der Waals surface area (Å²) in [7, 11) is 0. The van der Waals surface area contributed by atoms with Gasteiger partial charge in [0.25, 0.3) is 11.8 Å². The third-order valence-electron chi connectivity index (χ3n) is 5.96. The van der Waals surface area contributed by atoms with Crippen molar-refractivity contribution in [3.63, 3.8) is 0 Å². The number of thiophene rings is 1. The van der Waals surface area contributed by atoms with Crippen LogP contribution in [0.1, 0.15) is 68.7 Å². The number of hydrogen-bond donors (Lipinski definition) is 3. The Bertz CT molecular complexity index is 1170. The van der Waals surface area contributed by atoms with Crippen LogP contribution in [0.5, 0.6) is 0 Å². The van der Waals surface area contributed by atoms with Crippen LogP contribution in [0.2, 0.25) is 0 Å². The van der Waals surface area contributed by atoms with Crippen LogP contribution in [0.3, 0.4) is 0 Å². The van der Waals surface area contributed by atoms with E-state index in [9.17, 15) is 14.4 Å². The highest BCUT2D eigenvalue weighted by molar-refractivity contribution is 7.10. The molecule has 1 aliphatic rings. The van der Waals surface area contributed by atoms with Gasteiger partial charge in [-0.25, -0.2) is 0 Å². The number of nitrogen functional groups attached to an aromatic ring is 1. The van der Waals surface area contributed by atoms with E-state index in [4.69, 9.17) is 11.5 Å². The molecule has 1 atom stereocenters. The highest BCUT2D eigenvalue weighted by atomic mass is 32.1. The SMILES string of the molecule is Cc1ccc(N(C(=O)c2snc(C(N)=O)c2N)C(C(=O)NC2CCCCC2)c2cccs2)cc1. The zero-order chi connectivity index (χ0) is 24.2. The molecule has 1 aromatic carbocycles. The lowest BCUT2D eigenvalue weighted by molar-refractivity contribution is -0.123. The Hall–Kier alpha value is -3.24. The third-order valence-corrected chi connectivity index (χ3v) is 7.73. The Morgan fingerprint density at radius 1 is 1.12 bits per heavy atom. The van der Waals surface area contributed by atoms with E-state index in [0.717, 1.165) is 47.7 Å². The highest BCUT2D eigenvalue weighted by Gasteiger charge is 2.37. The zero-order valence-electron chi connectivity index (χ0n) is 18.8. The van der Waals surface area contributed by atoms with E-state index in [-0.39, 0.29) is 28.2 Å². The van der Waals surface area contributed by atoms with Gasteiger partial charge in [0.15, 0.2) is 11.7 Å². The first-order valence-corrected chi connectivity index (χ1v) is 12.8. The number of rotatable bonds is 7. The number of nitrogens with two attached hydrogens (primary N) is 2. The van der Waals surface area contributed by atoms with Crippen LogP contribution in [-0.2, 0) is 4.79 Å². The number of nitrogens with one attached hydrogen (secondary N) is 1. The molecule has 1 unspecified atom stereocenters. The largest absolute Gasteiger partial charge is 0.395 e. The van der Waals surface area contributed by atoms with Gasteiger partial charge in [-0.15, -0.1) is 11.3 Å². The topological polar surface area (TPSA) is 131 Å². The lowest BCUT2D eigenvalue weighted by atomic mass is 9.95. The highest BCUT2D eigenvalue weighted by Crippen LogP contribution is 2.35. The van der Waals surface area contributed by atoms with Crippen LogP contribution in [0.25, 0.3) is 0 Å². The number of benzene rings is 1. The summed E-state index contributed by atoms with van der Waals surface area (Å²) in [5.74, 6) is -1.57. The molecule has 8 nitrogen and oxygen atoms in total. The van der Waals surface area contributed by atoms with Crippen LogP contribution in [0.4, 0.5) is 11.4 Å². The standard InChI is InChI=1S/C24H27N5O3S2/c1-14-9-11-16(12-10-14)29(24(32)21-18(25)19(22(26)30)28-34-21)20(17-8-5-13-33-17)23(31)27-15-6-3-2-4-7-15/h5,8-13,15,20H,2-4,6-7,25H2,1H3,(H2,26,30)(H,27,31). The van der Waals surface area contributed by atoms with Crippen molar-refractivity contribution in [1.82, 2.24) is 9.69 Å². The number of carbonyl (C=O) groups is 3. The summed E-state index contributed by atoms with van der Waals surface area (Å²) in [4.78, 5) is 41.5. The fourth-order valence-corrected chi connectivity index (χ4v) is 5.73. The number of hydrogen-bond acceptors (Lipinski definition) is 7. The van der Waals surface area contributed by atoms with Crippen molar-refractivity contribution in [2.45, 2.75) is 51.1 Å². The van der Waals surface area contributed by atoms with E-state index >= 15 is 0 Å². The normalized spacial score (nSPS) is 15.0. The van der Waals surface area contributed by atoms with Crippen molar-refractivity contribution in [3.05, 3.63) is 62.8 Å². The Kier molecular flexibility index (Phi) is 7.28. The minimum absolute atomic E-state index is 0.0707. The average molecular weight is 498 g/mol. The second-order valence-electron chi connectivity index (χ2n) is 8.41. The number of amides is 3. The van der Waals surface area contributed by atoms with Crippen molar-refractivity contribution >= 4 is 52.0 Å². The third kappa shape index (κ3) is 4.97. The summed E-state index contributed by atoms with van der Waals surface area (Å²) < 4.78 is 3.98. The van der Waals surface area contributed by atoms with E-state index in [1.54, 1.807) is 12.1 Å². The molecule has 178 valence electrons. The zero-order valence-corrected chi connectivity index (χ0v) is 20.5. The molecule has 0 bridgehead atoms. The molecule has 0 radical (unpaired) electrons. The Morgan fingerprint density at radius 3 is 2.41 bits per heavy atom. The molecule has 1 saturated carbocycles. The molecule has 2 aromatic heterocycles. The van der Waals surface area contributed by atoms with E-state index in [2.05, 4.69) is 9.69 Å². The lowest BCUT2D eigenvalue weighted by Crippen LogP contribution is -2.47. The molecule has 5 N–H and O–H groups in total. The van der Waals surface area contributed by atoms with Crippen LogP contribution in [-0.4, -0.2) is 28.1 Å². The van der Waals surface area contributed by atoms with E-state index < -0.39 is 17.9 Å². The maximum Gasteiger partial charge on any atom is 0.273 e. The second kappa shape index (κ2) is 10.4. The van der Waals surface area contributed by atoms with E-state index in [1.807, 2.05) is 36.6 Å². The summed E-state index contributed by atoms with van der Waals surface area (Å²) in [5.41, 5.74) is 12.8. The van der Waals surface area contributed by atoms with Crippen molar-refractivity contribution in [2.24, 2.45) is 5.73 Å². The smallest absolute Gasteiger partial charge is 0.273 e. The van der Waals surface area contributed by atoms with E-state index in [0.29, 0.717) is 5.69 Å². The predicted octanol–water partition coefficient (Wildman–Crippen LogP) is 4.03. The van der Waals surface area contributed by atoms with Gasteiger partial charge in [0.1, 0.15) is 4.88 Å². The van der Waals surface area contributed by atoms with Gasteiger partial charge in [-0.2, -0.15) is 4.37 Å². The van der Waals surface area contributed by atoms with Crippen molar-refractivity contribution in [1.29, 1.82) is 0 Å². The van der Waals surface area contributed by atoms with E-state index in [1.165, 1.54) is 22.7 Å². The van der Waals surface area contributed by atoms with Crippen LogP contribution < -0.4 is 21.7 Å². The molecule has 10 heteroatoms. The number of primary amides is 1. The van der Waals surface area contributed by atoms with Crippen molar-refractivity contribution < 1.29 is 14.4 Å². The maximum absolute atomic E-state index is 13.9. The molecule has 3 aromatic rings. The Labute approximate surface area is 206 Å². The Morgan fingerprint density at radius 2 is 1.82 bits per heavy atom. The summed E-state index contributed by atoms with van der Waals surface area (Å²) >= 11 is 2.21. The lowest BCUT2D eigenvalue weighted by Gasteiger charge is -2.32. The Balaban J connectivity index is 1.78. The molecule has 1 fully saturated rings. The first kappa shape index (κ1) is 23.9. The molecule has 2 heterocycles.